The number of hydrogen-bond acceptors (Lipinski definition) is 5. The summed E-state index contributed by atoms with van der Waals surface area (Å²) in [7, 11) is 0. The highest BCUT2D eigenvalue weighted by Crippen LogP contribution is 2.31. The standard InChI is InChI=1S/C23H20N4O2S/c28-22(11-5-10-21-25-16-6-1-2-7-17(16)26-21)24-14-15-12-13-19(29-15)23-27-18-8-3-4-9-20(18)30-23/h1-4,6-9,12-13H,5,10-11,14H2,(H,24,28)(H,25,26). The molecule has 5 rings (SSSR count). The van der Waals surface area contributed by atoms with E-state index in [1.807, 2.05) is 60.7 Å². The monoisotopic (exact) mass is 416 g/mol. The summed E-state index contributed by atoms with van der Waals surface area (Å²) in [4.78, 5) is 24.6. The van der Waals surface area contributed by atoms with Crippen LogP contribution in [0.3, 0.4) is 0 Å². The minimum atomic E-state index is 0.00375. The van der Waals surface area contributed by atoms with Crippen molar-refractivity contribution >= 4 is 38.5 Å². The second kappa shape index (κ2) is 8.12. The fourth-order valence-corrected chi connectivity index (χ4v) is 4.31. The predicted octanol–water partition coefficient (Wildman–Crippen LogP) is 5.07. The number of imidazole rings is 1. The Balaban J connectivity index is 1.12. The number of aryl methyl sites for hydroxylation is 1. The van der Waals surface area contributed by atoms with Crippen molar-refractivity contribution in [1.82, 2.24) is 20.3 Å². The van der Waals surface area contributed by atoms with Gasteiger partial charge in [0.05, 0.1) is 27.8 Å². The lowest BCUT2D eigenvalue weighted by Gasteiger charge is -2.02. The first-order chi connectivity index (χ1) is 14.7. The molecule has 0 radical (unpaired) electrons. The van der Waals surface area contributed by atoms with Crippen LogP contribution in [0, 0.1) is 0 Å². The molecule has 0 aliphatic rings. The van der Waals surface area contributed by atoms with Gasteiger partial charge in [-0.2, -0.15) is 0 Å². The van der Waals surface area contributed by atoms with Crippen molar-refractivity contribution in [2.24, 2.45) is 0 Å². The molecule has 6 nitrogen and oxygen atoms in total. The van der Waals surface area contributed by atoms with E-state index in [0.717, 1.165) is 56.4 Å². The Hall–Kier alpha value is -3.45. The van der Waals surface area contributed by atoms with Crippen LogP contribution < -0.4 is 5.32 Å². The molecule has 0 saturated heterocycles. The van der Waals surface area contributed by atoms with Gasteiger partial charge < -0.3 is 14.7 Å². The summed E-state index contributed by atoms with van der Waals surface area (Å²) in [6.45, 7) is 0.369. The van der Waals surface area contributed by atoms with Crippen molar-refractivity contribution < 1.29 is 9.21 Å². The molecule has 0 spiro atoms. The number of carbonyl (C=O) groups is 1. The van der Waals surface area contributed by atoms with Crippen molar-refractivity contribution in [3.05, 3.63) is 72.2 Å². The molecule has 0 atom stereocenters. The lowest BCUT2D eigenvalue weighted by molar-refractivity contribution is -0.121. The molecule has 0 saturated carbocycles. The number of fused-ring (bicyclic) bond motifs is 2. The fourth-order valence-electron chi connectivity index (χ4n) is 3.38. The Labute approximate surface area is 177 Å². The zero-order valence-electron chi connectivity index (χ0n) is 16.2. The van der Waals surface area contributed by atoms with Crippen LogP contribution in [0.2, 0.25) is 0 Å². The van der Waals surface area contributed by atoms with Crippen LogP contribution in [0.1, 0.15) is 24.4 Å². The number of aromatic nitrogens is 3. The van der Waals surface area contributed by atoms with Crippen LogP contribution in [0.15, 0.2) is 65.1 Å². The van der Waals surface area contributed by atoms with Gasteiger partial charge in [0.1, 0.15) is 11.6 Å². The van der Waals surface area contributed by atoms with Gasteiger partial charge in [-0.3, -0.25) is 4.79 Å². The Morgan fingerprint density at radius 2 is 1.83 bits per heavy atom. The summed E-state index contributed by atoms with van der Waals surface area (Å²) in [5.41, 5.74) is 2.95. The largest absolute Gasteiger partial charge is 0.457 e. The van der Waals surface area contributed by atoms with E-state index >= 15 is 0 Å². The van der Waals surface area contributed by atoms with Gasteiger partial charge in [-0.1, -0.05) is 24.3 Å². The normalized spacial score (nSPS) is 11.3. The maximum atomic E-state index is 12.2. The van der Waals surface area contributed by atoms with E-state index in [2.05, 4.69) is 20.3 Å². The molecule has 7 heteroatoms. The number of carbonyl (C=O) groups excluding carboxylic acids is 1. The van der Waals surface area contributed by atoms with Gasteiger partial charge in [0.2, 0.25) is 5.91 Å². The van der Waals surface area contributed by atoms with Crippen LogP contribution >= 0.6 is 11.3 Å². The first-order valence-electron chi connectivity index (χ1n) is 9.89. The second-order valence-corrected chi connectivity index (χ2v) is 8.11. The number of aromatic amines is 1. The van der Waals surface area contributed by atoms with Crippen LogP contribution in [0.4, 0.5) is 0 Å². The average molecular weight is 417 g/mol. The lowest BCUT2D eigenvalue weighted by Crippen LogP contribution is -2.22. The summed E-state index contributed by atoms with van der Waals surface area (Å²) in [5, 5.41) is 3.77. The first-order valence-corrected chi connectivity index (χ1v) is 10.7. The third kappa shape index (κ3) is 3.97. The van der Waals surface area contributed by atoms with E-state index in [0.29, 0.717) is 13.0 Å². The second-order valence-electron chi connectivity index (χ2n) is 7.08. The van der Waals surface area contributed by atoms with Gasteiger partial charge in [0.15, 0.2) is 10.8 Å². The number of hydrogen-bond donors (Lipinski definition) is 2. The number of thiazole rings is 1. The third-order valence-corrected chi connectivity index (χ3v) is 5.93. The van der Waals surface area contributed by atoms with Crippen molar-refractivity contribution in [2.75, 3.05) is 0 Å². The van der Waals surface area contributed by atoms with Crippen LogP contribution in [0.25, 0.3) is 32.0 Å². The van der Waals surface area contributed by atoms with Crippen LogP contribution in [0.5, 0.6) is 0 Å². The van der Waals surface area contributed by atoms with Gasteiger partial charge >= 0.3 is 0 Å². The average Bonchev–Trinajstić information content (AvgIpc) is 3.48. The molecule has 5 aromatic rings. The molecule has 0 aliphatic heterocycles. The van der Waals surface area contributed by atoms with E-state index in [1.165, 1.54) is 0 Å². The summed E-state index contributed by atoms with van der Waals surface area (Å²) in [6.07, 6.45) is 1.92. The van der Waals surface area contributed by atoms with E-state index in [9.17, 15) is 4.79 Å². The topological polar surface area (TPSA) is 83.8 Å². The maximum absolute atomic E-state index is 12.2. The van der Waals surface area contributed by atoms with Crippen molar-refractivity contribution in [3.63, 3.8) is 0 Å². The van der Waals surface area contributed by atoms with E-state index in [-0.39, 0.29) is 5.91 Å². The van der Waals surface area contributed by atoms with Gasteiger partial charge in [-0.05, 0) is 42.8 Å². The molecule has 1 amide bonds. The molecular formula is C23H20N4O2S. The number of rotatable bonds is 7. The highest BCUT2D eigenvalue weighted by Gasteiger charge is 2.11. The molecule has 3 aromatic heterocycles. The number of amides is 1. The molecule has 0 bridgehead atoms. The number of benzene rings is 2. The van der Waals surface area contributed by atoms with Crippen molar-refractivity contribution in [2.45, 2.75) is 25.8 Å². The Bertz CT molecular complexity index is 1250. The third-order valence-electron chi connectivity index (χ3n) is 4.88. The number of para-hydroxylation sites is 3. The molecule has 0 fully saturated rings. The Morgan fingerprint density at radius 1 is 1.00 bits per heavy atom. The Morgan fingerprint density at radius 3 is 2.70 bits per heavy atom. The summed E-state index contributed by atoms with van der Waals surface area (Å²) in [5.74, 6) is 2.36. The number of furan rings is 1. The number of H-pyrrole nitrogens is 1. The highest BCUT2D eigenvalue weighted by molar-refractivity contribution is 7.21. The predicted molar refractivity (Wildman–Crippen MR) is 118 cm³/mol. The van der Waals surface area contributed by atoms with Crippen molar-refractivity contribution in [1.29, 1.82) is 0 Å². The molecule has 3 heterocycles. The molecule has 2 N–H and O–H groups in total. The zero-order valence-corrected chi connectivity index (χ0v) is 17.0. The smallest absolute Gasteiger partial charge is 0.220 e. The number of nitrogens with one attached hydrogen (secondary N) is 2. The zero-order chi connectivity index (χ0) is 20.3. The van der Waals surface area contributed by atoms with Gasteiger partial charge in [0, 0.05) is 12.8 Å². The quantitative estimate of drug-likeness (QED) is 0.388. The van der Waals surface area contributed by atoms with Gasteiger partial charge in [-0.15, -0.1) is 11.3 Å². The summed E-state index contributed by atoms with van der Waals surface area (Å²) < 4.78 is 7.00. The number of nitrogens with zero attached hydrogens (tertiary/aromatic N) is 2. The molecule has 0 aliphatic carbocycles. The van der Waals surface area contributed by atoms with Crippen LogP contribution in [-0.4, -0.2) is 20.9 Å². The molecular weight excluding hydrogens is 396 g/mol. The minimum Gasteiger partial charge on any atom is -0.457 e. The van der Waals surface area contributed by atoms with E-state index in [1.54, 1.807) is 11.3 Å². The molecule has 150 valence electrons. The summed E-state index contributed by atoms with van der Waals surface area (Å²) >= 11 is 1.60. The van der Waals surface area contributed by atoms with Crippen LogP contribution in [-0.2, 0) is 17.8 Å². The molecule has 0 unspecified atom stereocenters. The minimum absolute atomic E-state index is 0.00375. The van der Waals surface area contributed by atoms with E-state index < -0.39 is 0 Å². The fraction of sp³-hybridized carbons (Fsp3) is 0.174. The molecule has 2 aromatic carbocycles. The first kappa shape index (κ1) is 18.6. The van der Waals surface area contributed by atoms with Gasteiger partial charge in [-0.25, -0.2) is 9.97 Å². The van der Waals surface area contributed by atoms with E-state index in [4.69, 9.17) is 4.42 Å². The van der Waals surface area contributed by atoms with Crippen molar-refractivity contribution in [3.8, 4) is 10.8 Å². The highest BCUT2D eigenvalue weighted by atomic mass is 32.1. The lowest BCUT2D eigenvalue weighted by atomic mass is 10.2. The summed E-state index contributed by atoms with van der Waals surface area (Å²) in [6, 6.07) is 19.7. The molecule has 30 heavy (non-hydrogen) atoms. The van der Waals surface area contributed by atoms with Gasteiger partial charge in [0.25, 0.3) is 0 Å². The Kier molecular flexibility index (Phi) is 5.03. The maximum Gasteiger partial charge on any atom is 0.220 e. The SMILES string of the molecule is O=C(CCCc1nc2ccccc2[nH]1)NCc1ccc(-c2nc3ccccc3s2)o1.